The Morgan fingerprint density at radius 2 is 1.84 bits per heavy atom. The van der Waals surface area contributed by atoms with E-state index in [1.165, 1.54) is 13.2 Å². The number of rotatable bonds is 8. The molecule has 0 fully saturated rings. The van der Waals surface area contributed by atoms with Crippen molar-refractivity contribution in [2.45, 2.75) is 13.8 Å². The molecule has 0 atom stereocenters. The van der Waals surface area contributed by atoms with Crippen molar-refractivity contribution in [1.29, 1.82) is 5.26 Å². The van der Waals surface area contributed by atoms with Crippen molar-refractivity contribution >= 4 is 29.5 Å². The third-order valence-corrected chi connectivity index (χ3v) is 4.40. The first-order chi connectivity index (χ1) is 14.8. The fraction of sp³-hybridized carbons (Fsp3) is 0.217. The van der Waals surface area contributed by atoms with Gasteiger partial charge in [-0.3, -0.25) is 9.59 Å². The Labute approximate surface area is 180 Å². The summed E-state index contributed by atoms with van der Waals surface area (Å²) < 4.78 is 9.96. The number of esters is 1. The molecule has 0 unspecified atom stereocenters. The van der Waals surface area contributed by atoms with Gasteiger partial charge in [-0.25, -0.2) is 4.79 Å². The Morgan fingerprint density at radius 3 is 2.55 bits per heavy atom. The molecule has 8 heteroatoms. The number of carbonyl (C=O) groups excluding carboxylic acids is 3. The van der Waals surface area contributed by atoms with Crippen LogP contribution in [0, 0.1) is 25.2 Å². The predicted molar refractivity (Wildman–Crippen MR) is 115 cm³/mol. The van der Waals surface area contributed by atoms with Crippen LogP contribution in [0.2, 0.25) is 0 Å². The van der Waals surface area contributed by atoms with Crippen molar-refractivity contribution in [1.82, 2.24) is 5.32 Å². The molecule has 0 aliphatic rings. The summed E-state index contributed by atoms with van der Waals surface area (Å²) in [6.45, 7) is 2.91. The maximum atomic E-state index is 12.1. The average molecular weight is 421 g/mol. The van der Waals surface area contributed by atoms with Gasteiger partial charge >= 0.3 is 5.97 Å². The summed E-state index contributed by atoms with van der Waals surface area (Å²) in [5, 5.41) is 14.3. The van der Waals surface area contributed by atoms with E-state index in [1.54, 1.807) is 36.4 Å². The molecule has 0 aliphatic heterocycles. The van der Waals surface area contributed by atoms with Gasteiger partial charge in [0.1, 0.15) is 17.4 Å². The summed E-state index contributed by atoms with van der Waals surface area (Å²) in [6.07, 6.45) is 1.33. The molecule has 2 aromatic rings. The van der Waals surface area contributed by atoms with Gasteiger partial charge in [-0.15, -0.1) is 0 Å². The molecule has 0 heterocycles. The first-order valence-corrected chi connectivity index (χ1v) is 9.39. The molecule has 0 aromatic heterocycles. The molecule has 2 N–H and O–H groups in total. The SMILES string of the molecule is COc1cccc(/C=C(\C#N)C(=O)OCC(=O)NCC(=O)Nc2cccc(C)c2C)c1. The summed E-state index contributed by atoms with van der Waals surface area (Å²) in [7, 11) is 1.50. The van der Waals surface area contributed by atoms with E-state index in [4.69, 9.17) is 9.47 Å². The molecule has 0 aliphatic carbocycles. The van der Waals surface area contributed by atoms with Gasteiger partial charge in [0.2, 0.25) is 5.91 Å². The third-order valence-electron chi connectivity index (χ3n) is 4.40. The number of amides is 2. The van der Waals surface area contributed by atoms with Gasteiger partial charge in [-0.05, 0) is 54.8 Å². The molecule has 0 radical (unpaired) electrons. The van der Waals surface area contributed by atoms with Crippen LogP contribution in [0.4, 0.5) is 5.69 Å². The van der Waals surface area contributed by atoms with E-state index >= 15 is 0 Å². The molecule has 2 rings (SSSR count). The van der Waals surface area contributed by atoms with E-state index in [-0.39, 0.29) is 12.1 Å². The molecule has 8 nitrogen and oxygen atoms in total. The minimum Gasteiger partial charge on any atom is -0.497 e. The Morgan fingerprint density at radius 1 is 1.10 bits per heavy atom. The summed E-state index contributed by atoms with van der Waals surface area (Å²) in [4.78, 5) is 36.0. The first kappa shape index (κ1) is 23.2. The Balaban J connectivity index is 1.84. The fourth-order valence-electron chi connectivity index (χ4n) is 2.55. The zero-order valence-electron chi connectivity index (χ0n) is 17.5. The summed E-state index contributed by atoms with van der Waals surface area (Å²) in [5.41, 5.74) is 2.92. The van der Waals surface area contributed by atoms with Gasteiger partial charge in [0.25, 0.3) is 5.91 Å². The van der Waals surface area contributed by atoms with Crippen molar-refractivity contribution in [2.75, 3.05) is 25.6 Å². The van der Waals surface area contributed by atoms with Crippen LogP contribution in [0.1, 0.15) is 16.7 Å². The minimum absolute atomic E-state index is 0.270. The minimum atomic E-state index is -0.944. The zero-order chi connectivity index (χ0) is 22.8. The lowest BCUT2D eigenvalue weighted by atomic mass is 10.1. The van der Waals surface area contributed by atoms with Crippen LogP contribution >= 0.6 is 0 Å². The highest BCUT2D eigenvalue weighted by atomic mass is 16.5. The Bertz CT molecular complexity index is 1050. The number of carbonyl (C=O) groups is 3. The number of anilines is 1. The Hall–Kier alpha value is -4.12. The van der Waals surface area contributed by atoms with E-state index < -0.39 is 24.4 Å². The van der Waals surface area contributed by atoms with E-state index in [1.807, 2.05) is 26.0 Å². The van der Waals surface area contributed by atoms with E-state index in [2.05, 4.69) is 10.6 Å². The van der Waals surface area contributed by atoms with Gasteiger partial charge < -0.3 is 20.1 Å². The molecule has 2 amide bonds. The number of benzene rings is 2. The van der Waals surface area contributed by atoms with Crippen LogP contribution in [-0.4, -0.2) is 38.0 Å². The van der Waals surface area contributed by atoms with Crippen LogP contribution in [0.25, 0.3) is 6.08 Å². The molecule has 0 bridgehead atoms. The highest BCUT2D eigenvalue weighted by Crippen LogP contribution is 2.18. The van der Waals surface area contributed by atoms with Crippen LogP contribution in [0.3, 0.4) is 0 Å². The van der Waals surface area contributed by atoms with Crippen molar-refractivity contribution in [3.8, 4) is 11.8 Å². The number of aryl methyl sites for hydroxylation is 1. The highest BCUT2D eigenvalue weighted by molar-refractivity contribution is 5.99. The van der Waals surface area contributed by atoms with Crippen LogP contribution in [-0.2, 0) is 19.1 Å². The van der Waals surface area contributed by atoms with Crippen molar-refractivity contribution in [3.05, 3.63) is 64.7 Å². The maximum Gasteiger partial charge on any atom is 0.349 e. The van der Waals surface area contributed by atoms with Crippen molar-refractivity contribution in [2.24, 2.45) is 0 Å². The number of hydrogen-bond donors (Lipinski definition) is 2. The highest BCUT2D eigenvalue weighted by Gasteiger charge is 2.14. The molecular formula is C23H23N3O5. The van der Waals surface area contributed by atoms with E-state index in [0.717, 1.165) is 11.1 Å². The largest absolute Gasteiger partial charge is 0.497 e. The van der Waals surface area contributed by atoms with Gasteiger partial charge in [0.15, 0.2) is 6.61 Å². The average Bonchev–Trinajstić information content (AvgIpc) is 2.77. The second kappa shape index (κ2) is 11.2. The molecule has 160 valence electrons. The van der Waals surface area contributed by atoms with Gasteiger partial charge in [0, 0.05) is 5.69 Å². The molecule has 2 aromatic carbocycles. The lowest BCUT2D eigenvalue weighted by Crippen LogP contribution is -2.35. The lowest BCUT2D eigenvalue weighted by Gasteiger charge is -2.11. The lowest BCUT2D eigenvalue weighted by molar-refractivity contribution is -0.144. The van der Waals surface area contributed by atoms with E-state index in [9.17, 15) is 19.6 Å². The quantitative estimate of drug-likeness (QED) is 0.384. The summed E-state index contributed by atoms with van der Waals surface area (Å²) >= 11 is 0. The first-order valence-electron chi connectivity index (χ1n) is 9.39. The number of methoxy groups -OCH3 is 1. The van der Waals surface area contributed by atoms with Crippen LogP contribution in [0.5, 0.6) is 5.75 Å². The molecule has 0 saturated heterocycles. The zero-order valence-corrected chi connectivity index (χ0v) is 17.5. The number of ether oxygens (including phenoxy) is 2. The number of hydrogen-bond acceptors (Lipinski definition) is 6. The third kappa shape index (κ3) is 7.01. The van der Waals surface area contributed by atoms with Crippen molar-refractivity contribution in [3.63, 3.8) is 0 Å². The summed E-state index contributed by atoms with van der Waals surface area (Å²) in [6, 6.07) is 14.0. The van der Waals surface area contributed by atoms with Crippen LogP contribution in [0.15, 0.2) is 48.0 Å². The van der Waals surface area contributed by atoms with Gasteiger partial charge in [-0.1, -0.05) is 24.3 Å². The van der Waals surface area contributed by atoms with Gasteiger partial charge in [0.05, 0.1) is 13.7 Å². The molecule has 0 saturated carbocycles. The normalized spacial score (nSPS) is 10.6. The molecule has 31 heavy (non-hydrogen) atoms. The monoisotopic (exact) mass is 421 g/mol. The number of nitrogens with one attached hydrogen (secondary N) is 2. The second-order valence-electron chi connectivity index (χ2n) is 6.59. The standard InChI is InChI=1S/C23H23N3O5/c1-15-6-4-9-20(16(15)2)26-21(27)13-25-22(28)14-31-23(29)18(12-24)10-17-7-5-8-19(11-17)30-3/h4-11H,13-14H2,1-3H3,(H,25,28)(H,26,27)/b18-10+. The maximum absolute atomic E-state index is 12.1. The van der Waals surface area contributed by atoms with E-state index in [0.29, 0.717) is 17.0 Å². The predicted octanol–water partition coefficient (Wildman–Crippen LogP) is 2.52. The molecular weight excluding hydrogens is 398 g/mol. The Kier molecular flexibility index (Phi) is 8.34. The summed E-state index contributed by atoms with van der Waals surface area (Å²) in [5.74, 6) is -1.45. The smallest absolute Gasteiger partial charge is 0.349 e. The topological polar surface area (TPSA) is 118 Å². The molecule has 0 spiro atoms. The second-order valence-corrected chi connectivity index (χ2v) is 6.59. The number of nitriles is 1. The number of nitrogens with zero attached hydrogens (tertiary/aromatic N) is 1. The van der Waals surface area contributed by atoms with Gasteiger partial charge in [-0.2, -0.15) is 5.26 Å². The fourth-order valence-corrected chi connectivity index (χ4v) is 2.55. The van der Waals surface area contributed by atoms with Crippen molar-refractivity contribution < 1.29 is 23.9 Å². The van der Waals surface area contributed by atoms with Crippen LogP contribution < -0.4 is 15.4 Å².